The summed E-state index contributed by atoms with van der Waals surface area (Å²) in [7, 11) is 0. The summed E-state index contributed by atoms with van der Waals surface area (Å²) in [6.45, 7) is 6.94. The van der Waals surface area contributed by atoms with Crippen molar-refractivity contribution in [1.29, 1.82) is 0 Å². The summed E-state index contributed by atoms with van der Waals surface area (Å²) >= 11 is 6.08. The number of carbonyl (C=O) groups excluding carboxylic acids is 1. The topological polar surface area (TPSA) is 71.8 Å². The maximum Gasteiger partial charge on any atom is 0.267 e. The fourth-order valence-electron chi connectivity index (χ4n) is 4.82. The Morgan fingerprint density at radius 1 is 1.42 bits per heavy atom. The first-order valence-corrected chi connectivity index (χ1v) is 8.87. The van der Waals surface area contributed by atoms with Crippen LogP contribution in [0.1, 0.15) is 44.1 Å². The summed E-state index contributed by atoms with van der Waals surface area (Å²) < 4.78 is 0.641. The Bertz CT molecular complexity index is 829. The van der Waals surface area contributed by atoms with Gasteiger partial charge in [0.1, 0.15) is 16.2 Å². The van der Waals surface area contributed by atoms with E-state index in [2.05, 4.69) is 31.1 Å². The van der Waals surface area contributed by atoms with Gasteiger partial charge >= 0.3 is 0 Å². The van der Waals surface area contributed by atoms with E-state index in [0.29, 0.717) is 49.5 Å². The average Bonchev–Trinajstić information content (AvgIpc) is 2.93. The Morgan fingerprint density at radius 3 is 2.83 bits per heavy atom. The Kier molecular flexibility index (Phi) is 3.36. The number of pyridine rings is 1. The Hall–Kier alpha value is -1.75. The van der Waals surface area contributed by atoms with Gasteiger partial charge in [0.25, 0.3) is 5.91 Å². The number of aromatic nitrogens is 2. The molecule has 2 N–H and O–H groups in total. The molecule has 3 saturated carbocycles. The SMILES string of the molecule is C[C@@H]1[C@@H](NC(=O)c2cc3c(Cl)c[n+]([O-])cc3[nH]2)C[C@H]2C[C@@H]1C2(C)C. The molecule has 0 spiro atoms. The third-order valence-corrected chi connectivity index (χ3v) is 6.82. The van der Waals surface area contributed by atoms with Crippen molar-refractivity contribution in [3.05, 3.63) is 34.4 Å². The molecule has 3 aliphatic rings. The van der Waals surface area contributed by atoms with Crippen LogP contribution >= 0.6 is 11.6 Å². The molecule has 0 radical (unpaired) electrons. The lowest BCUT2D eigenvalue weighted by Crippen LogP contribution is -2.60. The molecule has 2 bridgehead atoms. The van der Waals surface area contributed by atoms with Gasteiger partial charge in [-0.2, -0.15) is 4.73 Å². The van der Waals surface area contributed by atoms with Gasteiger partial charge in [-0.15, -0.1) is 0 Å². The lowest BCUT2D eigenvalue weighted by atomic mass is 9.45. The summed E-state index contributed by atoms with van der Waals surface area (Å²) in [5.41, 5.74) is 1.42. The molecular formula is C18H22ClN3O2. The molecule has 24 heavy (non-hydrogen) atoms. The second-order valence-electron chi connectivity index (χ2n) is 8.01. The number of H-pyrrole nitrogens is 1. The van der Waals surface area contributed by atoms with Crippen molar-refractivity contribution in [3.8, 4) is 0 Å². The number of aromatic amines is 1. The maximum atomic E-state index is 12.6. The van der Waals surface area contributed by atoms with Crippen LogP contribution in [0.15, 0.2) is 18.5 Å². The van der Waals surface area contributed by atoms with Crippen molar-refractivity contribution in [2.45, 2.75) is 39.7 Å². The monoisotopic (exact) mass is 347 g/mol. The molecule has 6 heteroatoms. The van der Waals surface area contributed by atoms with Crippen LogP contribution in [-0.4, -0.2) is 16.9 Å². The molecule has 2 aromatic rings. The van der Waals surface area contributed by atoms with Crippen molar-refractivity contribution in [2.24, 2.45) is 23.2 Å². The number of amides is 1. The number of nitrogens with zero attached hydrogens (tertiary/aromatic N) is 1. The van der Waals surface area contributed by atoms with Gasteiger partial charge in [0.2, 0.25) is 6.20 Å². The van der Waals surface area contributed by atoms with Crippen molar-refractivity contribution < 1.29 is 9.52 Å². The predicted octanol–water partition coefficient (Wildman–Crippen LogP) is 3.26. The quantitative estimate of drug-likeness (QED) is 0.646. The van der Waals surface area contributed by atoms with Crippen LogP contribution in [0.4, 0.5) is 0 Å². The summed E-state index contributed by atoms with van der Waals surface area (Å²) in [5.74, 6) is 1.72. The Morgan fingerprint density at radius 2 is 2.17 bits per heavy atom. The number of rotatable bonds is 2. The molecule has 0 aliphatic heterocycles. The van der Waals surface area contributed by atoms with Crippen molar-refractivity contribution in [2.75, 3.05) is 0 Å². The van der Waals surface area contributed by atoms with E-state index in [1.54, 1.807) is 6.07 Å². The fourth-order valence-corrected chi connectivity index (χ4v) is 5.08. The first-order valence-electron chi connectivity index (χ1n) is 8.49. The van der Waals surface area contributed by atoms with Crippen LogP contribution in [0.5, 0.6) is 0 Å². The highest BCUT2D eigenvalue weighted by Gasteiger charge is 2.56. The third kappa shape index (κ3) is 2.21. The van der Waals surface area contributed by atoms with Crippen LogP contribution in [0.25, 0.3) is 10.9 Å². The van der Waals surface area contributed by atoms with Crippen molar-refractivity contribution in [1.82, 2.24) is 10.3 Å². The summed E-state index contributed by atoms with van der Waals surface area (Å²) in [6, 6.07) is 1.92. The van der Waals surface area contributed by atoms with E-state index in [9.17, 15) is 10.0 Å². The zero-order valence-electron chi connectivity index (χ0n) is 14.1. The van der Waals surface area contributed by atoms with Crippen molar-refractivity contribution in [3.63, 3.8) is 0 Å². The summed E-state index contributed by atoms with van der Waals surface area (Å²) in [5, 5.41) is 15.7. The molecule has 4 atom stereocenters. The number of carbonyl (C=O) groups is 1. The van der Waals surface area contributed by atoms with Gasteiger partial charge in [-0.1, -0.05) is 32.4 Å². The Balaban J connectivity index is 1.54. The molecular weight excluding hydrogens is 326 g/mol. The van der Waals surface area contributed by atoms with Crippen molar-refractivity contribution >= 4 is 28.4 Å². The molecule has 5 nitrogen and oxygen atoms in total. The van der Waals surface area contributed by atoms with E-state index in [1.807, 2.05) is 0 Å². The van der Waals surface area contributed by atoms with Crippen LogP contribution in [0.3, 0.4) is 0 Å². The summed E-state index contributed by atoms with van der Waals surface area (Å²) in [4.78, 5) is 15.6. The molecule has 128 valence electrons. The highest BCUT2D eigenvalue weighted by Crippen LogP contribution is 2.61. The third-order valence-electron chi connectivity index (χ3n) is 6.52. The van der Waals surface area contributed by atoms with Gasteiger partial charge in [0.05, 0.1) is 0 Å². The van der Waals surface area contributed by atoms with Gasteiger partial charge in [-0.3, -0.25) is 4.79 Å². The normalized spacial score (nSPS) is 30.8. The minimum atomic E-state index is -0.129. The van der Waals surface area contributed by atoms with E-state index in [4.69, 9.17) is 11.6 Å². The van der Waals surface area contributed by atoms with Gasteiger partial charge in [0, 0.05) is 11.4 Å². The number of nitrogens with one attached hydrogen (secondary N) is 2. The standard InChI is InChI=1S/C18H22ClN3O2/c1-9-12-4-10(18(12,2)3)5-14(9)21-17(23)15-6-11-13(19)7-22(24)8-16(11)20-15/h6-10,12,14,20H,4-5H2,1-3H3,(H,21,23)/t9-,10+,12-,14-/m0/s1. The molecule has 3 fully saturated rings. The second kappa shape index (κ2) is 5.12. The minimum absolute atomic E-state index is 0.129. The zero-order chi connectivity index (χ0) is 17.2. The maximum absolute atomic E-state index is 12.6. The molecule has 2 aromatic heterocycles. The fraction of sp³-hybridized carbons (Fsp3) is 0.556. The molecule has 1 amide bonds. The van der Waals surface area contributed by atoms with Crippen LogP contribution in [0, 0.1) is 28.4 Å². The van der Waals surface area contributed by atoms with Gasteiger partial charge in [-0.05, 0) is 42.1 Å². The predicted molar refractivity (Wildman–Crippen MR) is 92.7 cm³/mol. The lowest BCUT2D eigenvalue weighted by Gasteiger charge is -2.62. The average molecular weight is 348 g/mol. The largest absolute Gasteiger partial charge is 0.619 e. The number of hydrogen-bond donors (Lipinski definition) is 2. The second-order valence-corrected chi connectivity index (χ2v) is 8.42. The van der Waals surface area contributed by atoms with Crippen LogP contribution < -0.4 is 10.0 Å². The molecule has 0 aromatic carbocycles. The van der Waals surface area contributed by atoms with E-state index >= 15 is 0 Å². The zero-order valence-corrected chi connectivity index (χ0v) is 14.9. The molecule has 2 heterocycles. The van der Waals surface area contributed by atoms with E-state index in [-0.39, 0.29) is 11.9 Å². The Labute approximate surface area is 146 Å². The highest BCUT2D eigenvalue weighted by atomic mass is 35.5. The molecule has 3 aliphatic carbocycles. The van der Waals surface area contributed by atoms with Crippen LogP contribution in [0.2, 0.25) is 5.02 Å². The minimum Gasteiger partial charge on any atom is -0.619 e. The number of fused-ring (bicyclic) bond motifs is 3. The van der Waals surface area contributed by atoms with E-state index in [0.717, 1.165) is 6.42 Å². The van der Waals surface area contributed by atoms with Gasteiger partial charge < -0.3 is 15.5 Å². The first-order chi connectivity index (χ1) is 11.3. The molecule has 5 rings (SSSR count). The smallest absolute Gasteiger partial charge is 0.267 e. The number of halogens is 1. The number of hydrogen-bond acceptors (Lipinski definition) is 2. The van der Waals surface area contributed by atoms with Gasteiger partial charge in [-0.25, -0.2) is 0 Å². The van der Waals surface area contributed by atoms with E-state index in [1.165, 1.54) is 18.8 Å². The molecule has 0 saturated heterocycles. The van der Waals surface area contributed by atoms with Crippen LogP contribution in [-0.2, 0) is 0 Å². The highest BCUT2D eigenvalue weighted by molar-refractivity contribution is 6.35. The molecule has 0 unspecified atom stereocenters. The lowest BCUT2D eigenvalue weighted by molar-refractivity contribution is -0.603. The van der Waals surface area contributed by atoms with E-state index < -0.39 is 0 Å². The van der Waals surface area contributed by atoms with Gasteiger partial charge in [0.15, 0.2) is 6.20 Å². The summed E-state index contributed by atoms with van der Waals surface area (Å²) in [6.07, 6.45) is 5.00. The first kappa shape index (κ1) is 15.8.